The summed E-state index contributed by atoms with van der Waals surface area (Å²) >= 11 is 0. The fourth-order valence-corrected chi connectivity index (χ4v) is 2.79. The third kappa shape index (κ3) is 9.16. The topological polar surface area (TPSA) is 107 Å². The fraction of sp³-hybridized carbons (Fsp3) is 0.450. The highest BCUT2D eigenvalue weighted by molar-refractivity contribution is 14.0. The Morgan fingerprint density at radius 2 is 1.90 bits per heavy atom. The minimum atomic E-state index is -0.484. The number of hydrogen-bond donors (Lipinski definition) is 3. The van der Waals surface area contributed by atoms with Crippen LogP contribution in [0.25, 0.3) is 0 Å². The second-order valence-corrected chi connectivity index (χ2v) is 6.58. The second kappa shape index (κ2) is 13.0. The molecule has 4 N–H and O–H groups in total. The maximum Gasteiger partial charge on any atom is 0.255 e. The molecule has 9 heteroatoms. The van der Waals surface area contributed by atoms with Crippen molar-refractivity contribution < 1.29 is 9.53 Å². The largest absolute Gasteiger partial charge is 0.484 e. The minimum absolute atomic E-state index is 0. The number of ether oxygens (including phenoxy) is 1. The van der Waals surface area contributed by atoms with Gasteiger partial charge in [0.1, 0.15) is 5.75 Å². The Hall–Kier alpha value is -2.30. The van der Waals surface area contributed by atoms with E-state index in [9.17, 15) is 4.79 Å². The lowest BCUT2D eigenvalue weighted by Crippen LogP contribution is -2.39. The Balaban J connectivity index is 0.00000420. The van der Waals surface area contributed by atoms with Gasteiger partial charge < -0.3 is 21.1 Å². The number of guanidine groups is 1. The molecule has 2 aromatic rings. The van der Waals surface area contributed by atoms with Gasteiger partial charge in [-0.25, -0.2) is 0 Å². The number of aliphatic imine (C=N–C) groups is 1. The maximum absolute atomic E-state index is 10.7. The molecule has 0 aliphatic heterocycles. The fourth-order valence-electron chi connectivity index (χ4n) is 2.79. The van der Waals surface area contributed by atoms with Crippen molar-refractivity contribution in [3.63, 3.8) is 0 Å². The molecule has 2 rings (SSSR count). The van der Waals surface area contributed by atoms with Crippen molar-refractivity contribution in [1.29, 1.82) is 0 Å². The molecule has 0 aliphatic carbocycles. The molecule has 29 heavy (non-hydrogen) atoms. The van der Waals surface area contributed by atoms with Crippen molar-refractivity contribution in [1.82, 2.24) is 20.4 Å². The van der Waals surface area contributed by atoms with Crippen LogP contribution >= 0.6 is 24.0 Å². The van der Waals surface area contributed by atoms with Crippen LogP contribution in [0.1, 0.15) is 23.4 Å². The number of halogens is 1. The first-order chi connectivity index (χ1) is 13.5. The molecule has 1 aromatic carbocycles. The number of amides is 1. The summed E-state index contributed by atoms with van der Waals surface area (Å²) < 4.78 is 7.28. The predicted octanol–water partition coefficient (Wildman–Crippen LogP) is 1.78. The zero-order valence-electron chi connectivity index (χ0n) is 17.3. The lowest BCUT2D eigenvalue weighted by Gasteiger charge is -2.12. The third-order valence-corrected chi connectivity index (χ3v) is 4.18. The molecule has 1 heterocycles. The van der Waals surface area contributed by atoms with Crippen LogP contribution in [0.15, 0.2) is 35.3 Å². The molecule has 0 radical (unpaired) electrons. The van der Waals surface area contributed by atoms with E-state index in [2.05, 4.69) is 33.7 Å². The van der Waals surface area contributed by atoms with Crippen LogP contribution < -0.4 is 21.1 Å². The summed E-state index contributed by atoms with van der Waals surface area (Å²) in [6.07, 6.45) is 1.82. The molecule has 0 spiro atoms. The first-order valence-electron chi connectivity index (χ1n) is 9.43. The number of nitrogens with zero attached hydrogens (tertiary/aromatic N) is 3. The van der Waals surface area contributed by atoms with Gasteiger partial charge in [0.05, 0.1) is 5.69 Å². The normalized spacial score (nSPS) is 10.9. The summed E-state index contributed by atoms with van der Waals surface area (Å²) in [5.74, 6) is 0.937. The number of aryl methyl sites for hydroxylation is 3. The van der Waals surface area contributed by atoms with E-state index in [-0.39, 0.29) is 30.6 Å². The van der Waals surface area contributed by atoms with E-state index in [1.165, 1.54) is 11.3 Å². The van der Waals surface area contributed by atoms with Gasteiger partial charge in [0.25, 0.3) is 5.91 Å². The van der Waals surface area contributed by atoms with Crippen molar-refractivity contribution in [2.45, 2.75) is 33.2 Å². The smallest absolute Gasteiger partial charge is 0.255 e. The Labute approximate surface area is 189 Å². The Morgan fingerprint density at radius 1 is 1.21 bits per heavy atom. The Bertz CT molecular complexity index is 789. The minimum Gasteiger partial charge on any atom is -0.484 e. The molecule has 0 bridgehead atoms. The summed E-state index contributed by atoms with van der Waals surface area (Å²) in [5, 5.41) is 11.1. The number of benzene rings is 1. The van der Waals surface area contributed by atoms with Gasteiger partial charge in [-0.2, -0.15) is 5.10 Å². The number of nitrogens with one attached hydrogen (secondary N) is 2. The zero-order valence-corrected chi connectivity index (χ0v) is 19.6. The molecular weight excluding hydrogens is 483 g/mol. The average Bonchev–Trinajstić information content (AvgIpc) is 3.00. The van der Waals surface area contributed by atoms with Crippen molar-refractivity contribution in [2.75, 3.05) is 26.7 Å². The van der Waals surface area contributed by atoms with Gasteiger partial charge in [-0.3, -0.25) is 14.5 Å². The number of nitrogens with two attached hydrogens (primary N) is 1. The number of carbonyl (C=O) groups excluding carboxylic acids is 1. The summed E-state index contributed by atoms with van der Waals surface area (Å²) in [6.45, 7) is 6.44. The Morgan fingerprint density at radius 3 is 2.48 bits per heavy atom. The van der Waals surface area contributed by atoms with Gasteiger partial charge in [-0.05, 0) is 50.5 Å². The van der Waals surface area contributed by atoms with Crippen molar-refractivity contribution >= 4 is 35.8 Å². The van der Waals surface area contributed by atoms with Gasteiger partial charge in [-0.1, -0.05) is 12.1 Å². The molecule has 1 amide bonds. The molecular formula is C20H31IN6O2. The number of carbonyl (C=O) groups is 1. The highest BCUT2D eigenvalue weighted by atomic mass is 127. The van der Waals surface area contributed by atoms with Crippen LogP contribution in [0, 0.1) is 13.8 Å². The van der Waals surface area contributed by atoms with E-state index in [4.69, 9.17) is 10.5 Å². The van der Waals surface area contributed by atoms with Gasteiger partial charge in [-0.15, -0.1) is 24.0 Å². The van der Waals surface area contributed by atoms with Gasteiger partial charge in [0.15, 0.2) is 12.6 Å². The summed E-state index contributed by atoms with van der Waals surface area (Å²) in [4.78, 5) is 15.0. The SMILES string of the molecule is CN=C(NCCCn1nc(C)cc1C)NCCc1ccc(OCC(N)=O)cc1.I. The molecule has 0 unspecified atom stereocenters. The first-order valence-corrected chi connectivity index (χ1v) is 9.43. The van der Waals surface area contributed by atoms with E-state index in [0.717, 1.165) is 44.1 Å². The van der Waals surface area contributed by atoms with Crippen LogP contribution in [-0.4, -0.2) is 48.4 Å². The summed E-state index contributed by atoms with van der Waals surface area (Å²) in [6, 6.07) is 9.71. The standard InChI is InChI=1S/C20H30N6O2.HI/c1-15-13-16(2)26(25-15)12-4-10-23-20(22-3)24-11-9-17-5-7-18(8-6-17)28-14-19(21)27;/h5-8,13H,4,9-12,14H2,1-3H3,(H2,21,27)(H2,22,23,24);1H. The van der Waals surface area contributed by atoms with Crippen LogP contribution in [-0.2, 0) is 17.8 Å². The van der Waals surface area contributed by atoms with Gasteiger partial charge in [0.2, 0.25) is 0 Å². The number of primary amides is 1. The number of hydrogen-bond acceptors (Lipinski definition) is 4. The monoisotopic (exact) mass is 514 g/mol. The molecule has 0 saturated heterocycles. The van der Waals surface area contributed by atoms with Crippen LogP contribution in [0.3, 0.4) is 0 Å². The third-order valence-electron chi connectivity index (χ3n) is 4.18. The highest BCUT2D eigenvalue weighted by Crippen LogP contribution is 2.12. The molecule has 0 atom stereocenters. The highest BCUT2D eigenvalue weighted by Gasteiger charge is 2.02. The zero-order chi connectivity index (χ0) is 20.4. The lowest BCUT2D eigenvalue weighted by atomic mass is 10.1. The summed E-state index contributed by atoms with van der Waals surface area (Å²) in [7, 11) is 1.77. The molecule has 0 fully saturated rings. The van der Waals surface area contributed by atoms with Gasteiger partial charge in [0, 0.05) is 32.4 Å². The molecule has 0 aliphatic rings. The first kappa shape index (κ1) is 24.7. The maximum atomic E-state index is 10.7. The number of rotatable bonds is 10. The Kier molecular flexibility index (Phi) is 11.1. The molecule has 160 valence electrons. The molecule has 1 aromatic heterocycles. The quantitative estimate of drug-likeness (QED) is 0.194. The van der Waals surface area contributed by atoms with Crippen molar-refractivity contribution in [3.8, 4) is 5.75 Å². The van der Waals surface area contributed by atoms with Crippen molar-refractivity contribution in [2.24, 2.45) is 10.7 Å². The van der Waals surface area contributed by atoms with E-state index < -0.39 is 5.91 Å². The van der Waals surface area contributed by atoms with E-state index in [1.807, 2.05) is 35.9 Å². The predicted molar refractivity (Wildman–Crippen MR) is 126 cm³/mol. The van der Waals surface area contributed by atoms with E-state index in [0.29, 0.717) is 5.75 Å². The second-order valence-electron chi connectivity index (χ2n) is 6.58. The van der Waals surface area contributed by atoms with Crippen LogP contribution in [0.4, 0.5) is 0 Å². The lowest BCUT2D eigenvalue weighted by molar-refractivity contribution is -0.119. The van der Waals surface area contributed by atoms with E-state index in [1.54, 1.807) is 7.05 Å². The molecule has 8 nitrogen and oxygen atoms in total. The van der Waals surface area contributed by atoms with Crippen LogP contribution in [0.5, 0.6) is 5.75 Å². The molecule has 0 saturated carbocycles. The van der Waals surface area contributed by atoms with Gasteiger partial charge >= 0.3 is 0 Å². The average molecular weight is 514 g/mol. The van der Waals surface area contributed by atoms with Crippen molar-refractivity contribution in [3.05, 3.63) is 47.3 Å². The number of aromatic nitrogens is 2. The van der Waals surface area contributed by atoms with E-state index >= 15 is 0 Å². The summed E-state index contributed by atoms with van der Waals surface area (Å²) in [5.41, 5.74) is 8.47. The van der Waals surface area contributed by atoms with Crippen LogP contribution in [0.2, 0.25) is 0 Å².